The Morgan fingerprint density at radius 1 is 1.45 bits per heavy atom. The molecule has 1 saturated heterocycles. The molecule has 0 aromatic carbocycles. The number of hydrogen-bond acceptors (Lipinski definition) is 4. The van der Waals surface area contributed by atoms with E-state index in [1.54, 1.807) is 0 Å². The number of nitrogens with one attached hydrogen (secondary N) is 2. The molecule has 1 aliphatic heterocycles. The summed E-state index contributed by atoms with van der Waals surface area (Å²) in [5, 5.41) is 3.94. The molecule has 0 aromatic heterocycles. The third-order valence-electron chi connectivity index (χ3n) is 2.97. The van der Waals surface area contributed by atoms with Gasteiger partial charge in [-0.3, -0.25) is 4.99 Å². The van der Waals surface area contributed by atoms with Gasteiger partial charge in [0.05, 0.1) is 12.8 Å². The summed E-state index contributed by atoms with van der Waals surface area (Å²) >= 11 is 2.02. The Balaban J connectivity index is 2.53. The maximum Gasteiger partial charge on any atom is 0.208 e. The molecule has 20 heavy (non-hydrogen) atoms. The Morgan fingerprint density at radius 2 is 2.20 bits per heavy atom. The van der Waals surface area contributed by atoms with Crippen LogP contribution < -0.4 is 10.0 Å². The average molecular weight is 323 g/mol. The van der Waals surface area contributed by atoms with Crippen molar-refractivity contribution in [1.82, 2.24) is 14.9 Å². The van der Waals surface area contributed by atoms with Crippen LogP contribution in [0.3, 0.4) is 0 Å². The maximum atomic E-state index is 11.0. The van der Waals surface area contributed by atoms with Crippen molar-refractivity contribution in [2.24, 2.45) is 4.99 Å². The summed E-state index contributed by atoms with van der Waals surface area (Å²) in [6.07, 6.45) is 2.33. The minimum Gasteiger partial charge on any atom is -0.357 e. The molecule has 0 saturated carbocycles. The van der Waals surface area contributed by atoms with Crippen molar-refractivity contribution in [3.05, 3.63) is 0 Å². The third kappa shape index (κ3) is 6.81. The first kappa shape index (κ1) is 17.6. The largest absolute Gasteiger partial charge is 0.357 e. The Labute approximate surface area is 126 Å². The van der Waals surface area contributed by atoms with E-state index in [4.69, 9.17) is 0 Å². The Bertz CT molecular complexity index is 412. The quantitative estimate of drug-likeness (QED) is 0.419. The lowest BCUT2D eigenvalue weighted by atomic mass is 10.3. The van der Waals surface area contributed by atoms with Crippen LogP contribution in [0.25, 0.3) is 0 Å². The lowest BCUT2D eigenvalue weighted by molar-refractivity contribution is 0.408. The molecule has 2 N–H and O–H groups in total. The van der Waals surface area contributed by atoms with Gasteiger partial charge in [-0.1, -0.05) is 6.92 Å². The molecule has 1 fully saturated rings. The molecule has 118 valence electrons. The van der Waals surface area contributed by atoms with Crippen LogP contribution in [0, 0.1) is 0 Å². The number of sulfonamides is 1. The smallest absolute Gasteiger partial charge is 0.208 e. The lowest BCUT2D eigenvalue weighted by Crippen LogP contribution is -2.48. The van der Waals surface area contributed by atoms with E-state index in [1.807, 2.05) is 18.7 Å². The summed E-state index contributed by atoms with van der Waals surface area (Å²) < 4.78 is 24.5. The highest BCUT2D eigenvalue weighted by Gasteiger charge is 2.21. The summed E-state index contributed by atoms with van der Waals surface area (Å²) in [4.78, 5) is 6.78. The van der Waals surface area contributed by atoms with E-state index >= 15 is 0 Å². The van der Waals surface area contributed by atoms with E-state index in [0.29, 0.717) is 18.3 Å². The summed E-state index contributed by atoms with van der Waals surface area (Å²) in [6, 6.07) is 0. The molecule has 1 rings (SSSR count). The second-order valence-electron chi connectivity index (χ2n) is 4.75. The first-order valence-electron chi connectivity index (χ1n) is 7.05. The monoisotopic (exact) mass is 322 g/mol. The standard InChI is InChI=1S/C12H26N4O2S2/c1-4-11-10-16(8-9-19-11)12(13-5-2)14-6-7-15-20(3,17)18/h11,15H,4-10H2,1-3H3,(H,13,14). The van der Waals surface area contributed by atoms with Crippen molar-refractivity contribution in [1.29, 1.82) is 0 Å². The van der Waals surface area contributed by atoms with Crippen LogP contribution >= 0.6 is 11.8 Å². The number of aliphatic imine (C=N–C) groups is 1. The highest BCUT2D eigenvalue weighted by atomic mass is 32.2. The van der Waals surface area contributed by atoms with Crippen LogP contribution in [0.2, 0.25) is 0 Å². The van der Waals surface area contributed by atoms with E-state index in [-0.39, 0.29) is 0 Å². The fraction of sp³-hybridized carbons (Fsp3) is 0.917. The van der Waals surface area contributed by atoms with Crippen LogP contribution in [0.4, 0.5) is 0 Å². The van der Waals surface area contributed by atoms with Crippen LogP contribution in [0.1, 0.15) is 20.3 Å². The summed E-state index contributed by atoms with van der Waals surface area (Å²) in [7, 11) is -3.13. The molecule has 0 aliphatic carbocycles. The van der Waals surface area contributed by atoms with E-state index < -0.39 is 10.0 Å². The predicted molar refractivity (Wildman–Crippen MR) is 86.9 cm³/mol. The molecule has 0 bridgehead atoms. The lowest BCUT2D eigenvalue weighted by Gasteiger charge is -2.34. The Morgan fingerprint density at radius 3 is 2.80 bits per heavy atom. The Hall–Kier alpha value is -0.470. The zero-order valence-electron chi connectivity index (χ0n) is 12.6. The molecular formula is C12H26N4O2S2. The topological polar surface area (TPSA) is 73.8 Å². The van der Waals surface area contributed by atoms with Crippen molar-refractivity contribution in [3.8, 4) is 0 Å². The van der Waals surface area contributed by atoms with Crippen LogP contribution in [-0.4, -0.2) is 69.3 Å². The zero-order chi connectivity index (χ0) is 15.0. The van der Waals surface area contributed by atoms with E-state index in [2.05, 4.69) is 26.9 Å². The molecule has 1 unspecified atom stereocenters. The van der Waals surface area contributed by atoms with E-state index in [9.17, 15) is 8.42 Å². The van der Waals surface area contributed by atoms with E-state index in [0.717, 1.165) is 44.0 Å². The van der Waals surface area contributed by atoms with Gasteiger partial charge in [-0.05, 0) is 13.3 Å². The maximum absolute atomic E-state index is 11.0. The minimum atomic E-state index is -3.13. The molecular weight excluding hydrogens is 296 g/mol. The highest BCUT2D eigenvalue weighted by Crippen LogP contribution is 2.20. The van der Waals surface area contributed by atoms with Gasteiger partial charge in [0.1, 0.15) is 0 Å². The van der Waals surface area contributed by atoms with Crippen molar-refractivity contribution in [2.75, 3.05) is 44.7 Å². The number of thioether (sulfide) groups is 1. The van der Waals surface area contributed by atoms with Crippen LogP contribution in [0.15, 0.2) is 4.99 Å². The van der Waals surface area contributed by atoms with Crippen molar-refractivity contribution in [3.63, 3.8) is 0 Å². The van der Waals surface area contributed by atoms with Gasteiger partial charge in [0, 0.05) is 37.2 Å². The molecule has 0 amide bonds. The molecule has 1 atom stereocenters. The van der Waals surface area contributed by atoms with Gasteiger partial charge in [-0.25, -0.2) is 13.1 Å². The van der Waals surface area contributed by atoms with Gasteiger partial charge in [0.2, 0.25) is 10.0 Å². The van der Waals surface area contributed by atoms with Gasteiger partial charge >= 0.3 is 0 Å². The van der Waals surface area contributed by atoms with Gasteiger partial charge < -0.3 is 10.2 Å². The van der Waals surface area contributed by atoms with Crippen molar-refractivity contribution < 1.29 is 8.42 Å². The first-order chi connectivity index (χ1) is 9.46. The molecule has 1 aliphatic rings. The van der Waals surface area contributed by atoms with Crippen molar-refractivity contribution in [2.45, 2.75) is 25.5 Å². The Kier molecular flexibility index (Phi) is 7.68. The second-order valence-corrected chi connectivity index (χ2v) is 7.99. The van der Waals surface area contributed by atoms with Crippen LogP contribution in [0.5, 0.6) is 0 Å². The normalized spacial score (nSPS) is 21.1. The third-order valence-corrected chi connectivity index (χ3v) is 5.07. The zero-order valence-corrected chi connectivity index (χ0v) is 14.2. The number of hydrogen-bond donors (Lipinski definition) is 2. The summed E-state index contributed by atoms with van der Waals surface area (Å²) in [5.74, 6) is 2.01. The fourth-order valence-electron chi connectivity index (χ4n) is 1.98. The molecule has 6 nitrogen and oxygen atoms in total. The van der Waals surface area contributed by atoms with Gasteiger partial charge in [-0.15, -0.1) is 0 Å². The average Bonchev–Trinajstić information content (AvgIpc) is 2.41. The second kappa shape index (κ2) is 8.74. The highest BCUT2D eigenvalue weighted by molar-refractivity contribution is 8.00. The van der Waals surface area contributed by atoms with Crippen LogP contribution in [-0.2, 0) is 10.0 Å². The number of nitrogens with zero attached hydrogens (tertiary/aromatic N) is 2. The van der Waals surface area contributed by atoms with Gasteiger partial charge in [-0.2, -0.15) is 11.8 Å². The van der Waals surface area contributed by atoms with E-state index in [1.165, 1.54) is 0 Å². The molecule has 0 aromatic rings. The molecule has 8 heteroatoms. The van der Waals surface area contributed by atoms with Gasteiger partial charge in [0.25, 0.3) is 0 Å². The summed E-state index contributed by atoms with van der Waals surface area (Å²) in [6.45, 7) is 7.86. The molecule has 0 radical (unpaired) electrons. The molecule has 1 heterocycles. The molecule has 0 spiro atoms. The predicted octanol–water partition coefficient (Wildman–Crippen LogP) is 0.329. The fourth-order valence-corrected chi connectivity index (χ4v) is 3.62. The minimum absolute atomic E-state index is 0.341. The summed E-state index contributed by atoms with van der Waals surface area (Å²) in [5.41, 5.74) is 0. The SMILES string of the molecule is CCNC(=NCCNS(C)(=O)=O)N1CCSC(CC)C1. The number of guanidine groups is 1. The first-order valence-corrected chi connectivity index (χ1v) is 9.99. The van der Waals surface area contributed by atoms with Crippen molar-refractivity contribution >= 4 is 27.7 Å². The van der Waals surface area contributed by atoms with Gasteiger partial charge in [0.15, 0.2) is 5.96 Å². The number of rotatable bonds is 6.